The van der Waals surface area contributed by atoms with Crippen molar-refractivity contribution in [3.63, 3.8) is 0 Å². The first-order valence-corrected chi connectivity index (χ1v) is 13.4. The van der Waals surface area contributed by atoms with Crippen LogP contribution in [0.2, 0.25) is 10.0 Å². The monoisotopic (exact) mass is 573 g/mol. The fraction of sp³-hybridized carbons (Fsp3) is 0.192. The lowest BCUT2D eigenvalue weighted by atomic mass is 10.0. The SMILES string of the molecule is CCc1cccc(CC)c1-n1c(SCC(=O)Nc2cc([N+](=O)[O-])ccc2F)nnc1-c1ccc(Cl)cc1Cl. The van der Waals surface area contributed by atoms with Crippen LogP contribution in [0.1, 0.15) is 25.0 Å². The number of non-ortho nitro benzene ring substituents is 1. The first-order valence-electron chi connectivity index (χ1n) is 11.6. The van der Waals surface area contributed by atoms with Crippen molar-refractivity contribution in [1.29, 1.82) is 0 Å². The van der Waals surface area contributed by atoms with Crippen LogP contribution in [0.15, 0.2) is 59.8 Å². The Kier molecular flexibility index (Phi) is 8.65. The van der Waals surface area contributed by atoms with E-state index in [0.29, 0.717) is 26.6 Å². The highest BCUT2D eigenvalue weighted by molar-refractivity contribution is 7.99. The lowest BCUT2D eigenvalue weighted by Gasteiger charge is -2.18. The summed E-state index contributed by atoms with van der Waals surface area (Å²) in [5, 5.41) is 23.5. The molecule has 0 aliphatic heterocycles. The molecule has 1 amide bonds. The Morgan fingerprint density at radius 2 is 1.79 bits per heavy atom. The van der Waals surface area contributed by atoms with E-state index in [1.54, 1.807) is 18.2 Å². The number of thioether (sulfide) groups is 1. The van der Waals surface area contributed by atoms with Gasteiger partial charge in [0.25, 0.3) is 5.69 Å². The molecule has 0 radical (unpaired) electrons. The minimum atomic E-state index is -0.777. The number of aromatic nitrogens is 3. The number of hydrogen-bond acceptors (Lipinski definition) is 6. The van der Waals surface area contributed by atoms with Gasteiger partial charge in [-0.3, -0.25) is 19.5 Å². The first kappa shape index (κ1) is 27.6. The van der Waals surface area contributed by atoms with Gasteiger partial charge in [-0.1, -0.05) is 67.0 Å². The van der Waals surface area contributed by atoms with Crippen LogP contribution in [0.3, 0.4) is 0 Å². The van der Waals surface area contributed by atoms with Gasteiger partial charge in [-0.25, -0.2) is 4.39 Å². The zero-order chi connectivity index (χ0) is 27.4. The topological polar surface area (TPSA) is 103 Å². The fourth-order valence-corrected chi connectivity index (χ4v) is 5.18. The Morgan fingerprint density at radius 3 is 2.42 bits per heavy atom. The quantitative estimate of drug-likeness (QED) is 0.129. The van der Waals surface area contributed by atoms with Crippen molar-refractivity contribution in [2.45, 2.75) is 31.8 Å². The number of nitro groups is 1. The highest BCUT2D eigenvalue weighted by Crippen LogP contribution is 2.36. The maximum atomic E-state index is 14.2. The molecule has 1 aromatic heterocycles. The van der Waals surface area contributed by atoms with Crippen molar-refractivity contribution >= 4 is 52.2 Å². The van der Waals surface area contributed by atoms with E-state index in [1.807, 2.05) is 36.6 Å². The van der Waals surface area contributed by atoms with Gasteiger partial charge in [0.05, 0.1) is 27.1 Å². The molecule has 0 saturated carbocycles. The minimum Gasteiger partial charge on any atom is -0.323 e. The number of benzene rings is 3. The number of carbonyl (C=O) groups is 1. The number of para-hydroxylation sites is 1. The van der Waals surface area contributed by atoms with Crippen LogP contribution in [0.4, 0.5) is 15.8 Å². The molecule has 0 unspecified atom stereocenters. The number of anilines is 1. The van der Waals surface area contributed by atoms with Crippen LogP contribution in [-0.2, 0) is 17.6 Å². The Bertz CT molecular complexity index is 1510. The van der Waals surface area contributed by atoms with Crippen LogP contribution in [0.5, 0.6) is 0 Å². The smallest absolute Gasteiger partial charge is 0.271 e. The van der Waals surface area contributed by atoms with Crippen LogP contribution in [0, 0.1) is 15.9 Å². The van der Waals surface area contributed by atoms with Crippen LogP contribution in [-0.4, -0.2) is 31.3 Å². The van der Waals surface area contributed by atoms with Crippen molar-refractivity contribution in [1.82, 2.24) is 14.8 Å². The normalized spacial score (nSPS) is 11.0. The first-order chi connectivity index (χ1) is 18.2. The summed E-state index contributed by atoms with van der Waals surface area (Å²) in [5.74, 6) is -1.00. The number of amides is 1. The molecule has 1 heterocycles. The summed E-state index contributed by atoms with van der Waals surface area (Å²) < 4.78 is 16.0. The number of nitrogens with one attached hydrogen (secondary N) is 1. The molecule has 1 N–H and O–H groups in total. The van der Waals surface area contributed by atoms with Crippen molar-refractivity contribution < 1.29 is 14.1 Å². The van der Waals surface area contributed by atoms with Gasteiger partial charge in [0.2, 0.25) is 5.91 Å². The summed E-state index contributed by atoms with van der Waals surface area (Å²) in [5.41, 5.74) is 3.02. The molecule has 0 aliphatic carbocycles. The lowest BCUT2D eigenvalue weighted by Crippen LogP contribution is -2.16. The fourth-order valence-electron chi connectivity index (χ4n) is 3.95. The van der Waals surface area contributed by atoms with Crippen molar-refractivity contribution in [2.24, 2.45) is 0 Å². The third-order valence-electron chi connectivity index (χ3n) is 5.76. The molecule has 38 heavy (non-hydrogen) atoms. The lowest BCUT2D eigenvalue weighted by molar-refractivity contribution is -0.384. The second kappa shape index (κ2) is 11.9. The maximum Gasteiger partial charge on any atom is 0.271 e. The second-order valence-electron chi connectivity index (χ2n) is 8.16. The van der Waals surface area contributed by atoms with Crippen LogP contribution < -0.4 is 5.32 Å². The van der Waals surface area contributed by atoms with Gasteiger partial charge >= 0.3 is 0 Å². The van der Waals surface area contributed by atoms with Crippen LogP contribution in [0.25, 0.3) is 17.1 Å². The summed E-state index contributed by atoms with van der Waals surface area (Å²) in [7, 11) is 0. The standard InChI is InChI=1S/C26H22Cl2FN5O3S/c1-3-15-6-5-7-16(4-2)24(15)33-25(19-10-8-17(27)12-20(19)28)31-32-26(33)38-14-23(35)30-22-13-18(34(36)37)9-11-21(22)29/h5-13H,3-4,14H2,1-2H3,(H,30,35). The molecular formula is C26H22Cl2FN5O3S. The average molecular weight is 574 g/mol. The predicted molar refractivity (Wildman–Crippen MR) is 148 cm³/mol. The molecule has 4 rings (SSSR count). The number of nitro benzene ring substituents is 1. The van der Waals surface area contributed by atoms with Gasteiger partial charge in [0.1, 0.15) is 5.82 Å². The molecule has 196 valence electrons. The molecule has 4 aromatic rings. The molecule has 0 atom stereocenters. The molecule has 0 spiro atoms. The van der Waals surface area contributed by atoms with Crippen LogP contribution >= 0.6 is 35.0 Å². The molecule has 0 fully saturated rings. The molecule has 3 aromatic carbocycles. The van der Waals surface area contributed by atoms with Gasteiger partial charge < -0.3 is 5.32 Å². The highest BCUT2D eigenvalue weighted by Gasteiger charge is 2.23. The molecule has 0 aliphatic rings. The number of halogens is 3. The number of carbonyl (C=O) groups excluding carboxylic acids is 1. The van der Waals surface area contributed by atoms with Crippen molar-refractivity contribution in [2.75, 3.05) is 11.1 Å². The van der Waals surface area contributed by atoms with E-state index in [9.17, 15) is 19.3 Å². The van der Waals surface area contributed by atoms with Gasteiger partial charge in [-0.05, 0) is 48.2 Å². The zero-order valence-electron chi connectivity index (χ0n) is 20.4. The highest BCUT2D eigenvalue weighted by atomic mass is 35.5. The Hall–Kier alpha value is -3.47. The average Bonchev–Trinajstić information content (AvgIpc) is 3.31. The Labute approximate surface area is 232 Å². The van der Waals surface area contributed by atoms with Gasteiger partial charge in [0.15, 0.2) is 11.0 Å². The van der Waals surface area contributed by atoms with Gasteiger partial charge in [-0.15, -0.1) is 10.2 Å². The zero-order valence-corrected chi connectivity index (χ0v) is 22.7. The predicted octanol–water partition coefficient (Wildman–Crippen LogP) is 7.14. The van der Waals surface area contributed by atoms with E-state index in [2.05, 4.69) is 15.5 Å². The number of rotatable bonds is 9. The molecule has 12 heteroatoms. The summed E-state index contributed by atoms with van der Waals surface area (Å²) in [6, 6.07) is 14.1. The summed E-state index contributed by atoms with van der Waals surface area (Å²) in [6.45, 7) is 4.09. The number of nitrogens with zero attached hydrogens (tertiary/aromatic N) is 4. The summed E-state index contributed by atoms with van der Waals surface area (Å²) in [6.07, 6.45) is 1.48. The van der Waals surface area contributed by atoms with E-state index in [-0.39, 0.29) is 17.1 Å². The Morgan fingerprint density at radius 1 is 1.08 bits per heavy atom. The maximum absolute atomic E-state index is 14.2. The number of aryl methyl sites for hydroxylation is 2. The van der Waals surface area contributed by atoms with E-state index in [0.717, 1.165) is 59.6 Å². The van der Waals surface area contributed by atoms with Gasteiger partial charge in [0, 0.05) is 22.7 Å². The minimum absolute atomic E-state index is 0.148. The second-order valence-corrected chi connectivity index (χ2v) is 9.94. The molecule has 0 saturated heterocycles. The molecule has 0 bridgehead atoms. The third-order valence-corrected chi connectivity index (χ3v) is 7.24. The molecule has 8 nitrogen and oxygen atoms in total. The Balaban J connectivity index is 1.72. The van der Waals surface area contributed by atoms with E-state index in [1.165, 1.54) is 0 Å². The summed E-state index contributed by atoms with van der Waals surface area (Å²) >= 11 is 13.7. The summed E-state index contributed by atoms with van der Waals surface area (Å²) in [4.78, 5) is 23.1. The molecular weight excluding hydrogens is 552 g/mol. The van der Waals surface area contributed by atoms with E-state index < -0.39 is 16.6 Å². The largest absolute Gasteiger partial charge is 0.323 e. The van der Waals surface area contributed by atoms with Gasteiger partial charge in [-0.2, -0.15) is 0 Å². The van der Waals surface area contributed by atoms with Crippen molar-refractivity contribution in [3.05, 3.63) is 91.7 Å². The van der Waals surface area contributed by atoms with Crippen molar-refractivity contribution in [3.8, 4) is 17.1 Å². The van der Waals surface area contributed by atoms with E-state index in [4.69, 9.17) is 23.2 Å². The third kappa shape index (κ3) is 5.82. The van der Waals surface area contributed by atoms with E-state index >= 15 is 0 Å². The number of hydrogen-bond donors (Lipinski definition) is 1.